The summed E-state index contributed by atoms with van der Waals surface area (Å²) in [4.78, 5) is 4.22. The quantitative estimate of drug-likeness (QED) is 0.744. The number of aromatic nitrogens is 1. The summed E-state index contributed by atoms with van der Waals surface area (Å²) in [5.74, 6) is 0. The average Bonchev–Trinajstić information content (AvgIpc) is 2.17. The van der Waals surface area contributed by atoms with Gasteiger partial charge in [0, 0.05) is 11.6 Å². The SMILES string of the molecule is Cc1cccc2ccnc(C(C)O)c12. The molecule has 0 aliphatic rings. The van der Waals surface area contributed by atoms with Gasteiger partial charge in [-0.15, -0.1) is 0 Å². The number of hydrogen-bond donors (Lipinski definition) is 1. The van der Waals surface area contributed by atoms with Crippen molar-refractivity contribution in [2.24, 2.45) is 0 Å². The van der Waals surface area contributed by atoms with Gasteiger partial charge < -0.3 is 5.11 Å². The third-order valence-electron chi connectivity index (χ3n) is 2.42. The summed E-state index contributed by atoms with van der Waals surface area (Å²) in [6.45, 7) is 3.78. The van der Waals surface area contributed by atoms with Crippen LogP contribution < -0.4 is 0 Å². The molecule has 2 nitrogen and oxygen atoms in total. The summed E-state index contributed by atoms with van der Waals surface area (Å²) < 4.78 is 0. The zero-order valence-corrected chi connectivity index (χ0v) is 8.36. The van der Waals surface area contributed by atoms with Crippen molar-refractivity contribution in [1.29, 1.82) is 0 Å². The molecule has 2 heteroatoms. The van der Waals surface area contributed by atoms with Crippen LogP contribution >= 0.6 is 0 Å². The smallest absolute Gasteiger partial charge is 0.0938 e. The number of aliphatic hydroxyl groups excluding tert-OH is 1. The number of benzene rings is 1. The Kier molecular flexibility index (Phi) is 2.22. The van der Waals surface area contributed by atoms with Crippen LogP contribution in [0.4, 0.5) is 0 Å². The van der Waals surface area contributed by atoms with E-state index >= 15 is 0 Å². The molecule has 0 aliphatic carbocycles. The first-order valence-electron chi connectivity index (χ1n) is 4.72. The van der Waals surface area contributed by atoms with Crippen molar-refractivity contribution in [3.63, 3.8) is 0 Å². The van der Waals surface area contributed by atoms with Gasteiger partial charge in [-0.1, -0.05) is 18.2 Å². The zero-order valence-electron chi connectivity index (χ0n) is 8.36. The lowest BCUT2D eigenvalue weighted by Crippen LogP contribution is -1.97. The first kappa shape index (κ1) is 9.16. The van der Waals surface area contributed by atoms with E-state index in [4.69, 9.17) is 0 Å². The number of hydrogen-bond acceptors (Lipinski definition) is 2. The number of fused-ring (bicyclic) bond motifs is 1. The van der Waals surface area contributed by atoms with Gasteiger partial charge in [0.1, 0.15) is 0 Å². The maximum atomic E-state index is 9.58. The molecular weight excluding hydrogens is 174 g/mol. The Hall–Kier alpha value is -1.41. The number of rotatable bonds is 1. The Bertz CT molecular complexity index is 458. The highest BCUT2D eigenvalue weighted by atomic mass is 16.3. The molecular formula is C12H13NO. The number of aryl methyl sites for hydroxylation is 1. The van der Waals surface area contributed by atoms with Crippen LogP contribution in [0.15, 0.2) is 30.5 Å². The molecule has 72 valence electrons. The Morgan fingerprint density at radius 3 is 2.79 bits per heavy atom. The monoisotopic (exact) mass is 187 g/mol. The van der Waals surface area contributed by atoms with E-state index in [1.165, 1.54) is 0 Å². The lowest BCUT2D eigenvalue weighted by atomic mass is 10.0. The predicted molar refractivity (Wildman–Crippen MR) is 57.1 cm³/mol. The van der Waals surface area contributed by atoms with Crippen LogP contribution in [-0.2, 0) is 0 Å². The summed E-state index contributed by atoms with van der Waals surface area (Å²) in [5.41, 5.74) is 1.92. The van der Waals surface area contributed by atoms with Crippen LogP contribution in [0.1, 0.15) is 24.3 Å². The molecule has 1 aromatic carbocycles. The second-order valence-corrected chi connectivity index (χ2v) is 3.55. The Labute approximate surface area is 83.2 Å². The molecule has 14 heavy (non-hydrogen) atoms. The maximum Gasteiger partial charge on any atom is 0.0938 e. The molecule has 1 unspecified atom stereocenters. The fourth-order valence-electron chi connectivity index (χ4n) is 1.76. The predicted octanol–water partition coefficient (Wildman–Crippen LogP) is 2.60. The molecule has 0 amide bonds. The largest absolute Gasteiger partial charge is 0.387 e. The molecule has 2 aromatic rings. The summed E-state index contributed by atoms with van der Waals surface area (Å²) in [5, 5.41) is 11.8. The van der Waals surface area contributed by atoms with E-state index < -0.39 is 6.10 Å². The third kappa shape index (κ3) is 1.38. The van der Waals surface area contributed by atoms with E-state index in [1.807, 2.05) is 31.2 Å². The Morgan fingerprint density at radius 1 is 1.29 bits per heavy atom. The third-order valence-corrected chi connectivity index (χ3v) is 2.42. The first-order chi connectivity index (χ1) is 6.70. The van der Waals surface area contributed by atoms with Crippen molar-refractivity contribution < 1.29 is 5.11 Å². The van der Waals surface area contributed by atoms with E-state index in [0.29, 0.717) is 0 Å². The normalized spacial score (nSPS) is 13.1. The van der Waals surface area contributed by atoms with Crippen LogP contribution in [0.2, 0.25) is 0 Å². The number of pyridine rings is 1. The lowest BCUT2D eigenvalue weighted by molar-refractivity contribution is 0.196. The van der Waals surface area contributed by atoms with Crippen LogP contribution in [0, 0.1) is 6.92 Å². The van der Waals surface area contributed by atoms with Crippen LogP contribution in [0.5, 0.6) is 0 Å². The summed E-state index contributed by atoms with van der Waals surface area (Å²) in [6.07, 6.45) is 1.23. The molecule has 1 atom stereocenters. The van der Waals surface area contributed by atoms with E-state index in [9.17, 15) is 5.11 Å². The minimum Gasteiger partial charge on any atom is -0.387 e. The highest BCUT2D eigenvalue weighted by Gasteiger charge is 2.08. The van der Waals surface area contributed by atoms with Gasteiger partial charge in [-0.2, -0.15) is 0 Å². The Balaban J connectivity index is 2.84. The van der Waals surface area contributed by atoms with E-state index in [-0.39, 0.29) is 0 Å². The summed E-state index contributed by atoms with van der Waals surface area (Å²) in [7, 11) is 0. The maximum absolute atomic E-state index is 9.58. The molecule has 1 heterocycles. The van der Waals surface area contributed by atoms with Crippen LogP contribution in [0.25, 0.3) is 10.8 Å². The highest BCUT2D eigenvalue weighted by Crippen LogP contribution is 2.24. The molecule has 0 bridgehead atoms. The second kappa shape index (κ2) is 3.39. The summed E-state index contributed by atoms with van der Waals surface area (Å²) >= 11 is 0. The molecule has 0 saturated carbocycles. The van der Waals surface area contributed by atoms with Crippen molar-refractivity contribution in [3.8, 4) is 0 Å². The van der Waals surface area contributed by atoms with E-state index in [2.05, 4.69) is 4.98 Å². The zero-order chi connectivity index (χ0) is 10.1. The van der Waals surface area contributed by atoms with Gasteiger partial charge >= 0.3 is 0 Å². The highest BCUT2D eigenvalue weighted by molar-refractivity contribution is 5.87. The minimum absolute atomic E-state index is 0.514. The molecule has 1 aromatic heterocycles. The topological polar surface area (TPSA) is 33.1 Å². The van der Waals surface area contributed by atoms with Crippen molar-refractivity contribution in [3.05, 3.63) is 41.7 Å². The van der Waals surface area contributed by atoms with Crippen LogP contribution in [0.3, 0.4) is 0 Å². The molecule has 2 rings (SSSR count). The van der Waals surface area contributed by atoms with Gasteiger partial charge in [0.2, 0.25) is 0 Å². The van der Waals surface area contributed by atoms with Gasteiger partial charge in [0.25, 0.3) is 0 Å². The molecule has 0 radical (unpaired) electrons. The minimum atomic E-state index is -0.514. The van der Waals surface area contributed by atoms with Crippen molar-refractivity contribution >= 4 is 10.8 Å². The second-order valence-electron chi connectivity index (χ2n) is 3.55. The molecule has 0 spiro atoms. The molecule has 0 saturated heterocycles. The van der Waals surface area contributed by atoms with Crippen molar-refractivity contribution in [1.82, 2.24) is 4.98 Å². The van der Waals surface area contributed by atoms with Crippen molar-refractivity contribution in [2.75, 3.05) is 0 Å². The van der Waals surface area contributed by atoms with Crippen LogP contribution in [-0.4, -0.2) is 10.1 Å². The number of aliphatic hydroxyl groups is 1. The van der Waals surface area contributed by atoms with Gasteiger partial charge in [0.15, 0.2) is 0 Å². The number of nitrogens with zero attached hydrogens (tertiary/aromatic N) is 1. The van der Waals surface area contributed by atoms with E-state index in [1.54, 1.807) is 13.1 Å². The average molecular weight is 187 g/mol. The standard InChI is InChI=1S/C12H13NO/c1-8-4-3-5-10-6-7-13-12(9(2)14)11(8)10/h3-7,9,14H,1-2H3. The van der Waals surface area contributed by atoms with Gasteiger partial charge in [0.05, 0.1) is 11.8 Å². The first-order valence-corrected chi connectivity index (χ1v) is 4.72. The van der Waals surface area contributed by atoms with Gasteiger partial charge in [-0.05, 0) is 30.9 Å². The Morgan fingerprint density at radius 2 is 2.07 bits per heavy atom. The van der Waals surface area contributed by atoms with Gasteiger partial charge in [-0.25, -0.2) is 0 Å². The fraction of sp³-hybridized carbons (Fsp3) is 0.250. The fourth-order valence-corrected chi connectivity index (χ4v) is 1.76. The molecule has 0 aliphatic heterocycles. The lowest BCUT2D eigenvalue weighted by Gasteiger charge is -2.09. The van der Waals surface area contributed by atoms with E-state index in [0.717, 1.165) is 22.0 Å². The molecule has 1 N–H and O–H groups in total. The van der Waals surface area contributed by atoms with Crippen molar-refractivity contribution in [2.45, 2.75) is 20.0 Å². The summed E-state index contributed by atoms with van der Waals surface area (Å²) in [6, 6.07) is 8.06. The molecule has 0 fully saturated rings. The van der Waals surface area contributed by atoms with Gasteiger partial charge in [-0.3, -0.25) is 4.98 Å².